The number of rotatable bonds is 5. The van der Waals surface area contributed by atoms with Crippen molar-refractivity contribution in [3.05, 3.63) is 29.8 Å². The van der Waals surface area contributed by atoms with Crippen LogP contribution in [0.2, 0.25) is 0 Å². The minimum atomic E-state index is 0.545. The van der Waals surface area contributed by atoms with Crippen molar-refractivity contribution in [3.63, 3.8) is 0 Å². The molecule has 0 unspecified atom stereocenters. The zero-order valence-electron chi connectivity index (χ0n) is 10.2. The summed E-state index contributed by atoms with van der Waals surface area (Å²) in [4.78, 5) is 2.48. The van der Waals surface area contributed by atoms with Crippen molar-refractivity contribution in [2.45, 2.75) is 25.1 Å². The molecule has 0 spiro atoms. The molecule has 1 fully saturated rings. The van der Waals surface area contributed by atoms with Crippen molar-refractivity contribution in [3.8, 4) is 5.75 Å². The van der Waals surface area contributed by atoms with E-state index >= 15 is 0 Å². The second-order valence-electron chi connectivity index (χ2n) is 4.53. The monoisotopic (exact) mass is 253 g/mol. The summed E-state index contributed by atoms with van der Waals surface area (Å²) in [5.41, 5.74) is 1.11. The normalized spacial score (nSPS) is 17.0. The molecule has 0 amide bonds. The molecule has 1 aliphatic rings. The highest BCUT2D eigenvalue weighted by Gasteiger charge is 2.09. The van der Waals surface area contributed by atoms with Gasteiger partial charge in [-0.25, -0.2) is 0 Å². The Hall–Kier alpha value is -0.730. The highest BCUT2D eigenvalue weighted by molar-refractivity contribution is 6.17. The molecule has 94 valence electrons. The molecule has 0 aromatic heterocycles. The number of nitrogens with zero attached hydrogens (tertiary/aromatic N) is 1. The lowest BCUT2D eigenvalue weighted by atomic mass is 10.1. The molecule has 0 atom stereocenters. The minimum Gasteiger partial charge on any atom is -0.492 e. The van der Waals surface area contributed by atoms with Crippen LogP contribution in [0.1, 0.15) is 24.8 Å². The molecular formula is C14H20ClNO. The number of ether oxygens (including phenoxy) is 1. The van der Waals surface area contributed by atoms with Gasteiger partial charge in [-0.2, -0.15) is 0 Å². The largest absolute Gasteiger partial charge is 0.492 e. The van der Waals surface area contributed by atoms with E-state index < -0.39 is 0 Å². The fourth-order valence-electron chi connectivity index (χ4n) is 2.19. The number of piperidine rings is 1. The lowest BCUT2D eigenvalue weighted by molar-refractivity contribution is 0.183. The summed E-state index contributed by atoms with van der Waals surface area (Å²) < 4.78 is 5.75. The molecule has 0 N–H and O–H groups in total. The minimum absolute atomic E-state index is 0.545. The van der Waals surface area contributed by atoms with E-state index in [-0.39, 0.29) is 0 Å². The Bertz CT molecular complexity index is 337. The first kappa shape index (κ1) is 12.7. The Morgan fingerprint density at radius 3 is 2.76 bits per heavy atom. The molecule has 2 rings (SSSR count). The van der Waals surface area contributed by atoms with Crippen LogP contribution in [0, 0.1) is 0 Å². The van der Waals surface area contributed by atoms with Crippen LogP contribution in [0.25, 0.3) is 0 Å². The summed E-state index contributed by atoms with van der Waals surface area (Å²) in [6.07, 6.45) is 4.05. The Morgan fingerprint density at radius 2 is 2.00 bits per heavy atom. The van der Waals surface area contributed by atoms with Crippen molar-refractivity contribution in [1.29, 1.82) is 0 Å². The van der Waals surface area contributed by atoms with Gasteiger partial charge >= 0.3 is 0 Å². The highest BCUT2D eigenvalue weighted by Crippen LogP contribution is 2.15. The van der Waals surface area contributed by atoms with E-state index in [0.29, 0.717) is 5.88 Å². The van der Waals surface area contributed by atoms with E-state index in [1.807, 2.05) is 24.3 Å². The molecule has 3 heteroatoms. The van der Waals surface area contributed by atoms with Gasteiger partial charge in [0.1, 0.15) is 12.4 Å². The molecule has 0 aliphatic carbocycles. The van der Waals surface area contributed by atoms with Crippen LogP contribution in [-0.2, 0) is 5.88 Å². The molecular weight excluding hydrogens is 234 g/mol. The van der Waals surface area contributed by atoms with E-state index in [0.717, 1.165) is 24.5 Å². The van der Waals surface area contributed by atoms with Crippen LogP contribution >= 0.6 is 11.6 Å². The van der Waals surface area contributed by atoms with E-state index in [4.69, 9.17) is 16.3 Å². The van der Waals surface area contributed by atoms with Crippen molar-refractivity contribution in [2.75, 3.05) is 26.2 Å². The lowest BCUT2D eigenvalue weighted by Crippen LogP contribution is -2.33. The van der Waals surface area contributed by atoms with Gasteiger partial charge in [0.2, 0.25) is 0 Å². The lowest BCUT2D eigenvalue weighted by Gasteiger charge is -2.26. The predicted molar refractivity (Wildman–Crippen MR) is 71.8 cm³/mol. The Morgan fingerprint density at radius 1 is 1.18 bits per heavy atom. The van der Waals surface area contributed by atoms with Gasteiger partial charge in [-0.1, -0.05) is 18.6 Å². The maximum atomic E-state index is 5.79. The summed E-state index contributed by atoms with van der Waals surface area (Å²) in [6, 6.07) is 8.02. The van der Waals surface area contributed by atoms with Gasteiger partial charge in [-0.15, -0.1) is 11.6 Å². The quantitative estimate of drug-likeness (QED) is 0.747. The maximum absolute atomic E-state index is 5.79. The van der Waals surface area contributed by atoms with Gasteiger partial charge in [0.05, 0.1) is 0 Å². The summed E-state index contributed by atoms with van der Waals surface area (Å²) >= 11 is 5.79. The Kier molecular flexibility index (Phi) is 5.14. The molecule has 17 heavy (non-hydrogen) atoms. The van der Waals surface area contributed by atoms with Gasteiger partial charge in [0.25, 0.3) is 0 Å². The van der Waals surface area contributed by atoms with Gasteiger partial charge in [-0.3, -0.25) is 4.90 Å². The van der Waals surface area contributed by atoms with Crippen molar-refractivity contribution in [2.24, 2.45) is 0 Å². The standard InChI is InChI=1S/C14H20ClNO/c15-12-13-5-4-6-14(11-13)17-10-9-16-7-2-1-3-8-16/h4-6,11H,1-3,7-10,12H2. The summed E-state index contributed by atoms with van der Waals surface area (Å²) in [5, 5.41) is 0. The SMILES string of the molecule is ClCc1cccc(OCCN2CCCCC2)c1. The third-order valence-corrected chi connectivity index (χ3v) is 3.49. The second kappa shape index (κ2) is 6.87. The van der Waals surface area contributed by atoms with Crippen LogP contribution in [0.4, 0.5) is 0 Å². The number of alkyl halides is 1. The Labute approximate surface area is 109 Å². The molecule has 0 radical (unpaired) electrons. The number of hydrogen-bond donors (Lipinski definition) is 0. The fourth-order valence-corrected chi connectivity index (χ4v) is 2.36. The van der Waals surface area contributed by atoms with Crippen molar-refractivity contribution in [1.82, 2.24) is 4.90 Å². The predicted octanol–water partition coefficient (Wildman–Crippen LogP) is 3.29. The van der Waals surface area contributed by atoms with Crippen molar-refractivity contribution >= 4 is 11.6 Å². The van der Waals surface area contributed by atoms with Gasteiger partial charge in [0.15, 0.2) is 0 Å². The highest BCUT2D eigenvalue weighted by atomic mass is 35.5. The third kappa shape index (κ3) is 4.21. The number of likely N-dealkylation sites (tertiary alicyclic amines) is 1. The first-order valence-electron chi connectivity index (χ1n) is 6.38. The smallest absolute Gasteiger partial charge is 0.119 e. The van der Waals surface area contributed by atoms with Crippen LogP contribution in [0.15, 0.2) is 24.3 Å². The summed E-state index contributed by atoms with van der Waals surface area (Å²) in [5.74, 6) is 1.48. The molecule has 2 nitrogen and oxygen atoms in total. The van der Waals surface area contributed by atoms with E-state index in [1.165, 1.54) is 32.4 Å². The van der Waals surface area contributed by atoms with Crippen LogP contribution in [-0.4, -0.2) is 31.1 Å². The third-order valence-electron chi connectivity index (χ3n) is 3.18. The van der Waals surface area contributed by atoms with Gasteiger partial charge in [0, 0.05) is 12.4 Å². The molecule has 0 bridgehead atoms. The van der Waals surface area contributed by atoms with E-state index in [2.05, 4.69) is 4.90 Å². The fraction of sp³-hybridized carbons (Fsp3) is 0.571. The van der Waals surface area contributed by atoms with Crippen LogP contribution in [0.5, 0.6) is 5.75 Å². The molecule has 1 saturated heterocycles. The van der Waals surface area contributed by atoms with Gasteiger partial charge < -0.3 is 4.74 Å². The first-order valence-corrected chi connectivity index (χ1v) is 6.92. The maximum Gasteiger partial charge on any atom is 0.119 e. The molecule has 1 aliphatic heterocycles. The molecule has 0 saturated carbocycles. The average Bonchev–Trinajstić information content (AvgIpc) is 2.40. The summed E-state index contributed by atoms with van der Waals surface area (Å²) in [7, 11) is 0. The number of hydrogen-bond acceptors (Lipinski definition) is 2. The molecule has 1 aromatic carbocycles. The van der Waals surface area contributed by atoms with E-state index in [1.54, 1.807) is 0 Å². The van der Waals surface area contributed by atoms with Crippen LogP contribution in [0.3, 0.4) is 0 Å². The van der Waals surface area contributed by atoms with E-state index in [9.17, 15) is 0 Å². The topological polar surface area (TPSA) is 12.5 Å². The van der Waals surface area contributed by atoms with Crippen LogP contribution < -0.4 is 4.74 Å². The zero-order valence-corrected chi connectivity index (χ0v) is 11.0. The first-order chi connectivity index (χ1) is 8.38. The van der Waals surface area contributed by atoms with Gasteiger partial charge in [-0.05, 0) is 43.6 Å². The number of halogens is 1. The molecule has 1 heterocycles. The second-order valence-corrected chi connectivity index (χ2v) is 4.80. The zero-order chi connectivity index (χ0) is 11.9. The molecule has 1 aromatic rings. The Balaban J connectivity index is 1.73. The van der Waals surface area contributed by atoms with Crippen molar-refractivity contribution < 1.29 is 4.74 Å². The average molecular weight is 254 g/mol. The number of benzene rings is 1. The summed E-state index contributed by atoms with van der Waals surface area (Å²) in [6.45, 7) is 4.26.